The highest BCUT2D eigenvalue weighted by atomic mass is 19.1. The lowest BCUT2D eigenvalue weighted by atomic mass is 9.79. The molecule has 4 nitrogen and oxygen atoms in total. The number of piperidine rings is 1. The third kappa shape index (κ3) is 4.09. The molecule has 24 heavy (non-hydrogen) atoms. The van der Waals surface area contributed by atoms with Gasteiger partial charge in [0.2, 0.25) is 0 Å². The van der Waals surface area contributed by atoms with Crippen LogP contribution in [0.4, 0.5) is 10.2 Å². The summed E-state index contributed by atoms with van der Waals surface area (Å²) in [6, 6.07) is 8.48. The van der Waals surface area contributed by atoms with Crippen molar-refractivity contribution >= 4 is 5.82 Å². The molecule has 1 fully saturated rings. The summed E-state index contributed by atoms with van der Waals surface area (Å²) < 4.78 is 13.1. The normalized spacial score (nSPS) is 19.9. The largest absolute Gasteiger partial charge is 0.367 e. The molecule has 1 aromatic carbocycles. The Morgan fingerprint density at radius 2 is 1.67 bits per heavy atom. The monoisotopic (exact) mass is 328 g/mol. The fourth-order valence-corrected chi connectivity index (χ4v) is 3.81. The minimum Gasteiger partial charge on any atom is -0.367 e. The summed E-state index contributed by atoms with van der Waals surface area (Å²) >= 11 is 0. The first-order valence-electron chi connectivity index (χ1n) is 8.37. The zero-order valence-corrected chi connectivity index (χ0v) is 14.7. The van der Waals surface area contributed by atoms with Crippen LogP contribution in [0.2, 0.25) is 0 Å². The molecular weight excluding hydrogens is 303 g/mol. The van der Waals surface area contributed by atoms with E-state index in [2.05, 4.69) is 48.3 Å². The lowest BCUT2D eigenvalue weighted by Crippen LogP contribution is -2.60. The Labute approximate surface area is 142 Å². The molecule has 1 saturated heterocycles. The summed E-state index contributed by atoms with van der Waals surface area (Å²) in [4.78, 5) is 8.90. The fraction of sp³-hybridized carbons (Fsp3) is 0.474. The Bertz CT molecular complexity index is 694. The van der Waals surface area contributed by atoms with Crippen molar-refractivity contribution in [1.29, 1.82) is 0 Å². The SMILES string of the molecule is CC1(C)CC(Nc2ccnc(-c3ccc(F)cc3)n2)CC(C)(C)N1. The van der Waals surface area contributed by atoms with Gasteiger partial charge in [-0.25, -0.2) is 14.4 Å². The number of halogens is 1. The van der Waals surface area contributed by atoms with Crippen molar-refractivity contribution < 1.29 is 4.39 Å². The second-order valence-corrected chi connectivity index (χ2v) is 7.91. The molecule has 1 aliphatic heterocycles. The molecular formula is C19H25FN4. The van der Waals surface area contributed by atoms with Crippen molar-refractivity contribution in [3.05, 3.63) is 42.3 Å². The molecule has 2 heterocycles. The maximum Gasteiger partial charge on any atom is 0.161 e. The van der Waals surface area contributed by atoms with Crippen LogP contribution < -0.4 is 10.6 Å². The van der Waals surface area contributed by atoms with Crippen LogP contribution >= 0.6 is 0 Å². The maximum atomic E-state index is 13.1. The van der Waals surface area contributed by atoms with Crippen molar-refractivity contribution in [1.82, 2.24) is 15.3 Å². The predicted octanol–water partition coefficient (Wildman–Crippen LogP) is 4.00. The van der Waals surface area contributed by atoms with Gasteiger partial charge < -0.3 is 10.6 Å². The van der Waals surface area contributed by atoms with E-state index < -0.39 is 0 Å². The van der Waals surface area contributed by atoms with Gasteiger partial charge in [0.1, 0.15) is 11.6 Å². The molecule has 0 aliphatic carbocycles. The molecule has 5 heteroatoms. The molecule has 0 radical (unpaired) electrons. The van der Waals surface area contributed by atoms with Gasteiger partial charge in [-0.3, -0.25) is 0 Å². The van der Waals surface area contributed by atoms with E-state index in [9.17, 15) is 4.39 Å². The second kappa shape index (κ2) is 6.13. The van der Waals surface area contributed by atoms with E-state index in [0.717, 1.165) is 24.2 Å². The lowest BCUT2D eigenvalue weighted by Gasteiger charge is -2.46. The van der Waals surface area contributed by atoms with Crippen LogP contribution in [0.5, 0.6) is 0 Å². The highest BCUT2D eigenvalue weighted by Crippen LogP contribution is 2.30. The molecule has 3 rings (SSSR count). The highest BCUT2D eigenvalue weighted by Gasteiger charge is 2.37. The standard InChI is InChI=1S/C19H25FN4/c1-18(2)11-15(12-19(3,4)24-18)22-16-9-10-21-17(23-16)13-5-7-14(20)8-6-13/h5-10,15,24H,11-12H2,1-4H3,(H,21,22,23). The molecule has 0 spiro atoms. The maximum absolute atomic E-state index is 13.1. The number of hydrogen-bond acceptors (Lipinski definition) is 4. The minimum absolute atomic E-state index is 0.0756. The average molecular weight is 328 g/mol. The zero-order valence-electron chi connectivity index (χ0n) is 14.7. The van der Waals surface area contributed by atoms with Crippen molar-refractivity contribution in [2.45, 2.75) is 57.7 Å². The van der Waals surface area contributed by atoms with E-state index in [4.69, 9.17) is 0 Å². The summed E-state index contributed by atoms with van der Waals surface area (Å²) in [7, 11) is 0. The topological polar surface area (TPSA) is 49.8 Å². The fourth-order valence-electron chi connectivity index (χ4n) is 3.81. The van der Waals surface area contributed by atoms with E-state index >= 15 is 0 Å². The van der Waals surface area contributed by atoms with Gasteiger partial charge in [0.15, 0.2) is 5.82 Å². The molecule has 2 N–H and O–H groups in total. The molecule has 2 aromatic rings. The number of rotatable bonds is 3. The molecule has 0 saturated carbocycles. The van der Waals surface area contributed by atoms with Crippen LogP contribution in [0.15, 0.2) is 36.5 Å². The van der Waals surface area contributed by atoms with Gasteiger partial charge in [-0.1, -0.05) is 0 Å². The van der Waals surface area contributed by atoms with E-state index in [1.807, 2.05) is 6.07 Å². The van der Waals surface area contributed by atoms with Crippen LogP contribution in [-0.4, -0.2) is 27.1 Å². The lowest BCUT2D eigenvalue weighted by molar-refractivity contribution is 0.170. The van der Waals surface area contributed by atoms with Gasteiger partial charge >= 0.3 is 0 Å². The van der Waals surface area contributed by atoms with Gasteiger partial charge in [0.25, 0.3) is 0 Å². The Kier molecular flexibility index (Phi) is 4.30. The summed E-state index contributed by atoms with van der Waals surface area (Å²) in [5, 5.41) is 7.23. The molecule has 0 bridgehead atoms. The van der Waals surface area contributed by atoms with Gasteiger partial charge in [-0.05, 0) is 70.9 Å². The summed E-state index contributed by atoms with van der Waals surface area (Å²) in [6.07, 6.45) is 3.78. The number of benzene rings is 1. The number of aromatic nitrogens is 2. The molecule has 0 unspecified atom stereocenters. The van der Waals surface area contributed by atoms with Gasteiger partial charge in [0, 0.05) is 28.9 Å². The number of hydrogen-bond donors (Lipinski definition) is 2. The predicted molar refractivity (Wildman–Crippen MR) is 95.4 cm³/mol. The molecule has 128 valence electrons. The van der Waals surface area contributed by atoms with E-state index in [1.165, 1.54) is 12.1 Å². The van der Waals surface area contributed by atoms with Gasteiger partial charge in [-0.2, -0.15) is 0 Å². The number of nitrogens with zero attached hydrogens (tertiary/aromatic N) is 2. The zero-order chi connectivity index (χ0) is 17.4. The number of anilines is 1. The smallest absolute Gasteiger partial charge is 0.161 e. The Morgan fingerprint density at radius 1 is 1.04 bits per heavy atom. The summed E-state index contributed by atoms with van der Waals surface area (Å²) in [5.74, 6) is 1.16. The summed E-state index contributed by atoms with van der Waals surface area (Å²) in [5.41, 5.74) is 0.962. The van der Waals surface area contributed by atoms with E-state index in [-0.39, 0.29) is 16.9 Å². The van der Waals surface area contributed by atoms with Crippen LogP contribution in [0.3, 0.4) is 0 Å². The molecule has 1 aliphatic rings. The minimum atomic E-state index is -0.257. The quantitative estimate of drug-likeness (QED) is 0.894. The molecule has 0 atom stereocenters. The Hall–Kier alpha value is -2.01. The third-order valence-corrected chi connectivity index (χ3v) is 4.30. The first-order valence-corrected chi connectivity index (χ1v) is 8.37. The first-order chi connectivity index (χ1) is 11.2. The first kappa shape index (κ1) is 16.8. The molecule has 0 amide bonds. The van der Waals surface area contributed by atoms with Crippen molar-refractivity contribution in [3.63, 3.8) is 0 Å². The Morgan fingerprint density at radius 3 is 2.29 bits per heavy atom. The van der Waals surface area contributed by atoms with Crippen molar-refractivity contribution in [2.24, 2.45) is 0 Å². The average Bonchev–Trinajstić information content (AvgIpc) is 2.45. The van der Waals surface area contributed by atoms with E-state index in [1.54, 1.807) is 18.3 Å². The Balaban J connectivity index is 1.78. The van der Waals surface area contributed by atoms with Crippen LogP contribution in [0.25, 0.3) is 11.4 Å². The van der Waals surface area contributed by atoms with Crippen molar-refractivity contribution in [2.75, 3.05) is 5.32 Å². The van der Waals surface area contributed by atoms with Crippen LogP contribution in [0.1, 0.15) is 40.5 Å². The summed E-state index contributed by atoms with van der Waals surface area (Å²) in [6.45, 7) is 8.91. The highest BCUT2D eigenvalue weighted by molar-refractivity contribution is 5.56. The van der Waals surface area contributed by atoms with Crippen molar-refractivity contribution in [3.8, 4) is 11.4 Å². The third-order valence-electron chi connectivity index (χ3n) is 4.30. The molecule has 1 aromatic heterocycles. The van der Waals surface area contributed by atoms with E-state index in [0.29, 0.717) is 11.9 Å². The van der Waals surface area contributed by atoms with Crippen LogP contribution in [-0.2, 0) is 0 Å². The van der Waals surface area contributed by atoms with Crippen LogP contribution in [0, 0.1) is 5.82 Å². The second-order valence-electron chi connectivity index (χ2n) is 7.91. The van der Waals surface area contributed by atoms with Gasteiger partial charge in [0.05, 0.1) is 0 Å². The van der Waals surface area contributed by atoms with Gasteiger partial charge in [-0.15, -0.1) is 0 Å². The number of nitrogens with one attached hydrogen (secondary N) is 2.